The van der Waals surface area contributed by atoms with Crippen LogP contribution in [0.1, 0.15) is 43.0 Å². The summed E-state index contributed by atoms with van der Waals surface area (Å²) in [5.74, 6) is 1.21. The SMILES string of the molecule is CC(=O)N1CCc2ccc(S(=O)(=O)N[C@@H]3CCCn4nc(C)nc43)cc21. The fourth-order valence-corrected chi connectivity index (χ4v) is 4.94. The minimum Gasteiger partial charge on any atom is -0.312 e. The highest BCUT2D eigenvalue weighted by atomic mass is 32.2. The molecule has 138 valence electrons. The van der Waals surface area contributed by atoms with Crippen LogP contribution in [0.15, 0.2) is 23.1 Å². The Hall–Kier alpha value is -2.26. The monoisotopic (exact) mass is 375 g/mol. The van der Waals surface area contributed by atoms with Crippen LogP contribution >= 0.6 is 0 Å². The molecule has 2 aliphatic rings. The van der Waals surface area contributed by atoms with Crippen molar-refractivity contribution in [2.45, 2.75) is 50.6 Å². The molecule has 26 heavy (non-hydrogen) atoms. The summed E-state index contributed by atoms with van der Waals surface area (Å²) >= 11 is 0. The number of aryl methyl sites for hydroxylation is 2. The third-order valence-corrected chi connectivity index (χ3v) is 6.39. The Labute approximate surface area is 152 Å². The van der Waals surface area contributed by atoms with E-state index in [1.165, 1.54) is 6.92 Å². The molecule has 0 aliphatic carbocycles. The zero-order valence-electron chi connectivity index (χ0n) is 14.8. The van der Waals surface area contributed by atoms with Crippen LogP contribution < -0.4 is 9.62 Å². The average molecular weight is 375 g/mol. The van der Waals surface area contributed by atoms with Gasteiger partial charge in [0.15, 0.2) is 0 Å². The fourth-order valence-electron chi connectivity index (χ4n) is 3.69. The lowest BCUT2D eigenvalue weighted by Crippen LogP contribution is -2.33. The van der Waals surface area contributed by atoms with Crippen molar-refractivity contribution in [2.24, 2.45) is 0 Å². The Morgan fingerprint density at radius 2 is 2.12 bits per heavy atom. The quantitative estimate of drug-likeness (QED) is 0.872. The van der Waals surface area contributed by atoms with Crippen molar-refractivity contribution in [3.63, 3.8) is 0 Å². The first kappa shape index (κ1) is 17.2. The van der Waals surface area contributed by atoms with E-state index in [0.717, 1.165) is 24.9 Å². The molecular weight excluding hydrogens is 354 g/mol. The number of amides is 1. The van der Waals surface area contributed by atoms with E-state index in [4.69, 9.17) is 0 Å². The van der Waals surface area contributed by atoms with Crippen LogP contribution in [0.4, 0.5) is 5.69 Å². The second-order valence-electron chi connectivity index (χ2n) is 6.77. The first-order valence-electron chi connectivity index (χ1n) is 8.70. The molecule has 1 aromatic heterocycles. The van der Waals surface area contributed by atoms with Crippen LogP contribution in [-0.2, 0) is 27.8 Å². The van der Waals surface area contributed by atoms with Crippen LogP contribution in [-0.4, -0.2) is 35.6 Å². The Kier molecular flexibility index (Phi) is 4.07. The molecule has 0 saturated heterocycles. The van der Waals surface area contributed by atoms with Crippen molar-refractivity contribution in [2.75, 3.05) is 11.4 Å². The van der Waals surface area contributed by atoms with E-state index in [1.807, 2.05) is 0 Å². The highest BCUT2D eigenvalue weighted by molar-refractivity contribution is 7.89. The first-order chi connectivity index (χ1) is 12.3. The number of hydrogen-bond donors (Lipinski definition) is 1. The smallest absolute Gasteiger partial charge is 0.241 e. The molecule has 1 aromatic carbocycles. The number of nitrogens with zero attached hydrogens (tertiary/aromatic N) is 4. The van der Waals surface area contributed by atoms with Gasteiger partial charge in [0.2, 0.25) is 15.9 Å². The second kappa shape index (κ2) is 6.17. The lowest BCUT2D eigenvalue weighted by molar-refractivity contribution is -0.116. The molecule has 3 heterocycles. The Morgan fingerprint density at radius 3 is 2.88 bits per heavy atom. The highest BCUT2D eigenvalue weighted by Crippen LogP contribution is 2.32. The van der Waals surface area contributed by atoms with E-state index in [-0.39, 0.29) is 10.8 Å². The molecule has 0 spiro atoms. The van der Waals surface area contributed by atoms with Gasteiger partial charge in [-0.15, -0.1) is 0 Å². The van der Waals surface area contributed by atoms with Gasteiger partial charge in [0.1, 0.15) is 11.6 Å². The van der Waals surface area contributed by atoms with Crippen molar-refractivity contribution in [3.05, 3.63) is 35.4 Å². The van der Waals surface area contributed by atoms with Gasteiger partial charge in [-0.2, -0.15) is 5.10 Å². The molecule has 0 unspecified atom stereocenters. The third-order valence-electron chi connectivity index (χ3n) is 4.92. The molecule has 1 amide bonds. The van der Waals surface area contributed by atoms with Gasteiger partial charge in [-0.25, -0.2) is 22.8 Å². The van der Waals surface area contributed by atoms with E-state index in [1.54, 1.807) is 34.7 Å². The predicted octanol–water partition coefficient (Wildman–Crippen LogP) is 1.31. The van der Waals surface area contributed by atoms with E-state index in [9.17, 15) is 13.2 Å². The molecule has 4 rings (SSSR count). The first-order valence-corrected chi connectivity index (χ1v) is 10.2. The zero-order valence-corrected chi connectivity index (χ0v) is 15.6. The van der Waals surface area contributed by atoms with E-state index >= 15 is 0 Å². The number of anilines is 1. The van der Waals surface area contributed by atoms with Gasteiger partial charge in [-0.1, -0.05) is 6.07 Å². The fraction of sp³-hybridized carbons (Fsp3) is 0.471. The zero-order chi connectivity index (χ0) is 18.5. The van der Waals surface area contributed by atoms with Crippen molar-refractivity contribution in [1.29, 1.82) is 0 Å². The van der Waals surface area contributed by atoms with Crippen molar-refractivity contribution < 1.29 is 13.2 Å². The summed E-state index contributed by atoms with van der Waals surface area (Å²) in [6, 6.07) is 4.58. The third kappa shape index (κ3) is 2.90. The minimum absolute atomic E-state index is 0.0814. The van der Waals surface area contributed by atoms with Gasteiger partial charge in [0.25, 0.3) is 0 Å². The summed E-state index contributed by atoms with van der Waals surface area (Å²) in [6.07, 6.45) is 2.26. The van der Waals surface area contributed by atoms with Crippen molar-refractivity contribution in [1.82, 2.24) is 19.5 Å². The predicted molar refractivity (Wildman–Crippen MR) is 95.2 cm³/mol. The van der Waals surface area contributed by atoms with Crippen LogP contribution in [0, 0.1) is 6.92 Å². The summed E-state index contributed by atoms with van der Waals surface area (Å²) < 4.78 is 30.4. The normalized spacial score (nSPS) is 19.3. The standard InChI is InChI=1S/C17H21N5O3S/c1-11-18-17-15(4-3-8-22(17)19-11)20-26(24,25)14-6-5-13-7-9-21(12(2)23)16(13)10-14/h5-6,10,15,20H,3-4,7-9H2,1-2H3/t15-/m1/s1. The van der Waals surface area contributed by atoms with Crippen molar-refractivity contribution >= 4 is 21.6 Å². The molecule has 0 fully saturated rings. The van der Waals surface area contributed by atoms with Gasteiger partial charge in [0.05, 0.1) is 10.9 Å². The lowest BCUT2D eigenvalue weighted by Gasteiger charge is -2.23. The van der Waals surface area contributed by atoms with Gasteiger partial charge in [0, 0.05) is 25.7 Å². The summed E-state index contributed by atoms with van der Waals surface area (Å²) in [5.41, 5.74) is 1.68. The maximum absolute atomic E-state index is 12.9. The molecule has 8 nitrogen and oxygen atoms in total. The largest absolute Gasteiger partial charge is 0.312 e. The highest BCUT2D eigenvalue weighted by Gasteiger charge is 2.30. The second-order valence-corrected chi connectivity index (χ2v) is 8.48. The molecule has 1 atom stereocenters. The maximum Gasteiger partial charge on any atom is 0.241 e. The summed E-state index contributed by atoms with van der Waals surface area (Å²) in [7, 11) is -3.73. The molecular formula is C17H21N5O3S. The summed E-state index contributed by atoms with van der Waals surface area (Å²) in [4.78, 5) is 17.9. The van der Waals surface area contributed by atoms with Crippen LogP contribution in [0.2, 0.25) is 0 Å². The van der Waals surface area contributed by atoms with Crippen LogP contribution in [0.25, 0.3) is 0 Å². The Bertz CT molecular complexity index is 982. The van der Waals surface area contributed by atoms with E-state index in [2.05, 4.69) is 14.8 Å². The summed E-state index contributed by atoms with van der Waals surface area (Å²) in [6.45, 7) is 4.63. The maximum atomic E-state index is 12.9. The van der Waals surface area contributed by atoms with Crippen LogP contribution in [0.5, 0.6) is 0 Å². The number of hydrogen-bond acceptors (Lipinski definition) is 5. The molecule has 0 bridgehead atoms. The molecule has 9 heteroatoms. The average Bonchev–Trinajstić information content (AvgIpc) is 3.17. The molecule has 0 radical (unpaired) electrons. The number of nitrogens with one attached hydrogen (secondary N) is 1. The molecule has 0 saturated carbocycles. The molecule has 2 aromatic rings. The number of rotatable bonds is 3. The minimum atomic E-state index is -3.73. The van der Waals surface area contributed by atoms with E-state index < -0.39 is 16.1 Å². The molecule has 1 N–H and O–H groups in total. The topological polar surface area (TPSA) is 97.2 Å². The number of carbonyl (C=O) groups excluding carboxylic acids is 1. The number of benzene rings is 1. The van der Waals surface area contributed by atoms with Gasteiger partial charge < -0.3 is 4.90 Å². The Morgan fingerprint density at radius 1 is 1.31 bits per heavy atom. The van der Waals surface area contributed by atoms with E-state index in [0.29, 0.717) is 30.3 Å². The van der Waals surface area contributed by atoms with Crippen molar-refractivity contribution in [3.8, 4) is 0 Å². The van der Waals surface area contributed by atoms with Gasteiger partial charge in [-0.05, 0) is 43.9 Å². The van der Waals surface area contributed by atoms with Crippen LogP contribution in [0.3, 0.4) is 0 Å². The lowest BCUT2D eigenvalue weighted by atomic mass is 10.1. The Balaban J connectivity index is 1.64. The van der Waals surface area contributed by atoms with Gasteiger partial charge in [-0.3, -0.25) is 4.79 Å². The number of sulfonamides is 1. The summed E-state index contributed by atoms with van der Waals surface area (Å²) in [5, 5.41) is 4.31. The molecule has 2 aliphatic heterocycles. The number of fused-ring (bicyclic) bond motifs is 2. The number of carbonyl (C=O) groups is 1. The number of aromatic nitrogens is 3. The van der Waals surface area contributed by atoms with Gasteiger partial charge >= 0.3 is 0 Å².